The largest absolute Gasteiger partial charge is 0.444 e. The van der Waals surface area contributed by atoms with Gasteiger partial charge in [0.25, 0.3) is 0 Å². The summed E-state index contributed by atoms with van der Waals surface area (Å²) >= 11 is 2.26. The van der Waals surface area contributed by atoms with Crippen LogP contribution in [-0.2, 0) is 4.74 Å². The lowest BCUT2D eigenvalue weighted by Crippen LogP contribution is -2.35. The SMILES string of the molecule is CC(C)(C)OC(=O)N1CCC(n2nc(I)c3ccccc32)C1. The number of benzene rings is 1. The van der Waals surface area contributed by atoms with Crippen LogP contribution in [-0.4, -0.2) is 39.5 Å². The van der Waals surface area contributed by atoms with E-state index >= 15 is 0 Å². The van der Waals surface area contributed by atoms with E-state index in [0.717, 1.165) is 15.6 Å². The van der Waals surface area contributed by atoms with Crippen LogP contribution in [0.5, 0.6) is 0 Å². The van der Waals surface area contributed by atoms with Crippen LogP contribution in [0.1, 0.15) is 33.2 Å². The maximum atomic E-state index is 12.2. The van der Waals surface area contributed by atoms with Gasteiger partial charge in [0.2, 0.25) is 0 Å². The number of likely N-dealkylation sites (tertiary alicyclic amines) is 1. The van der Waals surface area contributed by atoms with E-state index in [1.54, 1.807) is 4.90 Å². The maximum absolute atomic E-state index is 12.2. The lowest BCUT2D eigenvalue weighted by molar-refractivity contribution is 0.0288. The van der Waals surface area contributed by atoms with Gasteiger partial charge in [0.1, 0.15) is 9.30 Å². The molecule has 0 N–H and O–H groups in total. The zero-order valence-corrected chi connectivity index (χ0v) is 15.2. The number of nitrogens with zero attached hydrogens (tertiary/aromatic N) is 3. The first-order valence-electron chi connectivity index (χ1n) is 7.46. The lowest BCUT2D eigenvalue weighted by atomic mass is 10.2. The molecule has 1 aliphatic heterocycles. The number of para-hydroxylation sites is 1. The van der Waals surface area contributed by atoms with Crippen LogP contribution >= 0.6 is 22.6 Å². The number of carbonyl (C=O) groups is 1. The summed E-state index contributed by atoms with van der Waals surface area (Å²) in [4.78, 5) is 14.0. The number of aromatic nitrogens is 2. The number of hydrogen-bond donors (Lipinski definition) is 0. The highest BCUT2D eigenvalue weighted by Gasteiger charge is 2.31. The van der Waals surface area contributed by atoms with Gasteiger partial charge in [-0.25, -0.2) is 4.79 Å². The minimum Gasteiger partial charge on any atom is -0.444 e. The molecule has 1 aromatic heterocycles. The van der Waals surface area contributed by atoms with Gasteiger partial charge >= 0.3 is 6.09 Å². The molecule has 1 fully saturated rings. The minimum atomic E-state index is -0.455. The zero-order valence-electron chi connectivity index (χ0n) is 13.0. The van der Waals surface area contributed by atoms with E-state index in [2.05, 4.69) is 44.5 Å². The molecule has 118 valence electrons. The quantitative estimate of drug-likeness (QED) is 0.668. The smallest absolute Gasteiger partial charge is 0.410 e. The third-order valence-electron chi connectivity index (χ3n) is 3.73. The fraction of sp³-hybridized carbons (Fsp3) is 0.500. The Morgan fingerprint density at radius 3 is 2.82 bits per heavy atom. The van der Waals surface area contributed by atoms with E-state index in [9.17, 15) is 4.79 Å². The molecular formula is C16H20IN3O2. The molecule has 2 heterocycles. The summed E-state index contributed by atoms with van der Waals surface area (Å²) < 4.78 is 8.52. The lowest BCUT2D eigenvalue weighted by Gasteiger charge is -2.24. The molecule has 1 unspecified atom stereocenters. The number of carbonyl (C=O) groups excluding carboxylic acids is 1. The molecule has 0 aliphatic carbocycles. The number of rotatable bonds is 1. The molecule has 5 nitrogen and oxygen atoms in total. The van der Waals surface area contributed by atoms with Crippen molar-refractivity contribution in [3.63, 3.8) is 0 Å². The predicted octanol–water partition coefficient (Wildman–Crippen LogP) is 3.82. The summed E-state index contributed by atoms with van der Waals surface area (Å²) in [6, 6.07) is 8.43. The Hall–Kier alpha value is -1.31. The summed E-state index contributed by atoms with van der Waals surface area (Å²) in [6.07, 6.45) is 0.669. The first-order valence-corrected chi connectivity index (χ1v) is 8.54. The van der Waals surface area contributed by atoms with Crippen LogP contribution in [0.25, 0.3) is 10.9 Å². The highest BCUT2D eigenvalue weighted by Crippen LogP contribution is 2.28. The minimum absolute atomic E-state index is 0.209. The van der Waals surface area contributed by atoms with Gasteiger partial charge < -0.3 is 9.64 Å². The summed E-state index contributed by atoms with van der Waals surface area (Å²) in [5, 5.41) is 5.83. The standard InChI is InChI=1S/C16H20IN3O2/c1-16(2,3)22-15(21)19-9-8-11(10-19)20-13-7-5-4-6-12(13)14(17)18-20/h4-7,11H,8-10H2,1-3H3. The van der Waals surface area contributed by atoms with Gasteiger partial charge in [-0.3, -0.25) is 4.68 Å². The molecule has 1 aromatic carbocycles. The Morgan fingerprint density at radius 2 is 2.09 bits per heavy atom. The highest BCUT2D eigenvalue weighted by molar-refractivity contribution is 14.1. The molecule has 0 bridgehead atoms. The Morgan fingerprint density at radius 1 is 1.36 bits per heavy atom. The molecule has 1 aliphatic rings. The van der Waals surface area contributed by atoms with Crippen molar-refractivity contribution in [2.24, 2.45) is 0 Å². The molecule has 3 rings (SSSR count). The second-order valence-electron chi connectivity index (χ2n) is 6.62. The van der Waals surface area contributed by atoms with Crippen molar-refractivity contribution in [3.8, 4) is 0 Å². The molecule has 0 saturated carbocycles. The Bertz CT molecular complexity index is 705. The van der Waals surface area contributed by atoms with Gasteiger partial charge in [0, 0.05) is 18.5 Å². The molecule has 2 aromatic rings. The summed E-state index contributed by atoms with van der Waals surface area (Å²) in [6.45, 7) is 7.03. The molecule has 1 saturated heterocycles. The van der Waals surface area contributed by atoms with Crippen molar-refractivity contribution in [3.05, 3.63) is 28.0 Å². The van der Waals surface area contributed by atoms with E-state index in [4.69, 9.17) is 4.74 Å². The number of amides is 1. The van der Waals surface area contributed by atoms with Crippen molar-refractivity contribution < 1.29 is 9.53 Å². The first kappa shape index (κ1) is 15.6. The second kappa shape index (κ2) is 5.72. The zero-order chi connectivity index (χ0) is 15.9. The highest BCUT2D eigenvalue weighted by atomic mass is 127. The third kappa shape index (κ3) is 3.06. The van der Waals surface area contributed by atoms with E-state index in [1.165, 1.54) is 5.39 Å². The van der Waals surface area contributed by atoms with Gasteiger partial charge in [-0.2, -0.15) is 5.10 Å². The second-order valence-corrected chi connectivity index (χ2v) is 7.64. The summed E-state index contributed by atoms with van der Waals surface area (Å²) in [5.74, 6) is 0. The molecular weight excluding hydrogens is 393 g/mol. The molecule has 0 radical (unpaired) electrons. The fourth-order valence-electron chi connectivity index (χ4n) is 2.76. The van der Waals surface area contributed by atoms with Gasteiger partial charge in [-0.05, 0) is 55.8 Å². The van der Waals surface area contributed by atoms with Crippen LogP contribution in [0, 0.1) is 3.70 Å². The fourth-order valence-corrected chi connectivity index (χ4v) is 3.45. The number of halogens is 1. The molecule has 0 spiro atoms. The Labute approximate surface area is 143 Å². The van der Waals surface area contributed by atoms with Crippen LogP contribution in [0.15, 0.2) is 24.3 Å². The van der Waals surface area contributed by atoms with Crippen LogP contribution < -0.4 is 0 Å². The Balaban J connectivity index is 1.79. The van der Waals surface area contributed by atoms with Crippen molar-refractivity contribution >= 4 is 39.6 Å². The summed E-state index contributed by atoms with van der Waals surface area (Å²) in [5.41, 5.74) is 0.672. The van der Waals surface area contributed by atoms with E-state index in [-0.39, 0.29) is 12.1 Å². The van der Waals surface area contributed by atoms with Gasteiger partial charge in [-0.15, -0.1) is 0 Å². The van der Waals surface area contributed by atoms with Crippen molar-refractivity contribution in [1.82, 2.24) is 14.7 Å². The van der Waals surface area contributed by atoms with E-state index in [0.29, 0.717) is 13.1 Å². The monoisotopic (exact) mass is 413 g/mol. The average Bonchev–Trinajstić information content (AvgIpc) is 3.03. The van der Waals surface area contributed by atoms with E-state index in [1.807, 2.05) is 32.9 Å². The van der Waals surface area contributed by atoms with Crippen LogP contribution in [0.3, 0.4) is 0 Å². The Kier molecular flexibility index (Phi) is 4.05. The topological polar surface area (TPSA) is 47.4 Å². The van der Waals surface area contributed by atoms with Gasteiger partial charge in [0.15, 0.2) is 0 Å². The van der Waals surface area contributed by atoms with Crippen molar-refractivity contribution in [1.29, 1.82) is 0 Å². The number of hydrogen-bond acceptors (Lipinski definition) is 3. The average molecular weight is 413 g/mol. The predicted molar refractivity (Wildman–Crippen MR) is 93.9 cm³/mol. The molecule has 1 atom stereocenters. The molecule has 1 amide bonds. The number of fused-ring (bicyclic) bond motifs is 1. The maximum Gasteiger partial charge on any atom is 0.410 e. The molecule has 6 heteroatoms. The van der Waals surface area contributed by atoms with Crippen LogP contribution in [0.2, 0.25) is 0 Å². The van der Waals surface area contributed by atoms with E-state index < -0.39 is 5.60 Å². The van der Waals surface area contributed by atoms with Gasteiger partial charge in [0.05, 0.1) is 11.6 Å². The normalized spacial score (nSPS) is 18.9. The number of ether oxygens (including phenoxy) is 1. The van der Waals surface area contributed by atoms with Crippen molar-refractivity contribution in [2.45, 2.75) is 38.8 Å². The van der Waals surface area contributed by atoms with Gasteiger partial charge in [-0.1, -0.05) is 18.2 Å². The summed E-state index contributed by atoms with van der Waals surface area (Å²) in [7, 11) is 0. The third-order valence-corrected chi connectivity index (χ3v) is 4.53. The van der Waals surface area contributed by atoms with Crippen LogP contribution in [0.4, 0.5) is 4.79 Å². The first-order chi connectivity index (χ1) is 10.3. The molecule has 22 heavy (non-hydrogen) atoms. The van der Waals surface area contributed by atoms with Crippen molar-refractivity contribution in [2.75, 3.05) is 13.1 Å².